The first-order valence-electron chi connectivity index (χ1n) is 7.10. The minimum absolute atomic E-state index is 0.0690. The molecule has 6 heteroatoms. The first kappa shape index (κ1) is 13.9. The van der Waals surface area contributed by atoms with E-state index in [2.05, 4.69) is 5.10 Å². The number of aliphatic hydroxyl groups excluding tert-OH is 1. The molecule has 3 rings (SSSR count). The summed E-state index contributed by atoms with van der Waals surface area (Å²) in [4.78, 5) is 14.3. The number of aryl methyl sites for hydroxylation is 1. The molecule has 0 aliphatic heterocycles. The normalized spacial score (nSPS) is 32.4. The smallest absolute Gasteiger partial charge is 0.273 e. The summed E-state index contributed by atoms with van der Waals surface area (Å²) in [7, 11) is 3.57. The summed E-state index contributed by atoms with van der Waals surface area (Å²) in [6.45, 7) is 0. The first-order valence-corrected chi connectivity index (χ1v) is 7.48. The molecule has 1 amide bonds. The zero-order chi connectivity index (χ0) is 14.4. The summed E-state index contributed by atoms with van der Waals surface area (Å²) in [6, 6.07) is 0.246. The van der Waals surface area contributed by atoms with Gasteiger partial charge in [0.1, 0.15) is 5.69 Å². The molecule has 0 spiro atoms. The Kier molecular flexibility index (Phi) is 3.50. The van der Waals surface area contributed by atoms with Gasteiger partial charge in [-0.15, -0.1) is 0 Å². The quantitative estimate of drug-likeness (QED) is 0.904. The van der Waals surface area contributed by atoms with E-state index in [1.807, 2.05) is 7.05 Å². The lowest BCUT2D eigenvalue weighted by molar-refractivity contribution is 0.0711. The van der Waals surface area contributed by atoms with Crippen LogP contribution in [0.2, 0.25) is 5.02 Å². The molecule has 0 radical (unpaired) electrons. The van der Waals surface area contributed by atoms with Crippen molar-refractivity contribution < 1.29 is 9.90 Å². The fraction of sp³-hybridized carbons (Fsp3) is 0.714. The zero-order valence-corrected chi connectivity index (χ0v) is 12.5. The molecule has 0 saturated heterocycles. The van der Waals surface area contributed by atoms with E-state index in [1.165, 1.54) is 10.9 Å². The Morgan fingerprint density at radius 1 is 1.40 bits per heavy atom. The molecule has 1 aromatic heterocycles. The first-order chi connectivity index (χ1) is 9.47. The highest BCUT2D eigenvalue weighted by Gasteiger charge is 2.43. The fourth-order valence-corrected chi connectivity index (χ4v) is 4.10. The molecule has 1 aromatic rings. The number of aliphatic hydroxyl groups is 1. The SMILES string of the molecule is CN(C(=O)c1c(Cl)cnn1C)C1C[C@H]2CC(O)C[C@H]2C1. The Labute approximate surface area is 123 Å². The topological polar surface area (TPSA) is 58.4 Å². The Bertz CT molecular complexity index is 497. The summed E-state index contributed by atoms with van der Waals surface area (Å²) in [5.74, 6) is 1.06. The van der Waals surface area contributed by atoms with Crippen molar-refractivity contribution >= 4 is 17.5 Å². The minimum Gasteiger partial charge on any atom is -0.393 e. The summed E-state index contributed by atoms with van der Waals surface area (Å²) in [6.07, 6.45) is 5.10. The molecule has 2 saturated carbocycles. The molecule has 0 bridgehead atoms. The van der Waals surface area contributed by atoms with Crippen LogP contribution in [0.25, 0.3) is 0 Å². The molecule has 2 aliphatic carbocycles. The molecule has 4 atom stereocenters. The van der Waals surface area contributed by atoms with Crippen LogP contribution in [0.5, 0.6) is 0 Å². The third kappa shape index (κ3) is 2.23. The predicted molar refractivity (Wildman–Crippen MR) is 75.6 cm³/mol. The Hall–Kier alpha value is -1.07. The van der Waals surface area contributed by atoms with Gasteiger partial charge in [-0.1, -0.05) is 11.6 Å². The van der Waals surface area contributed by atoms with E-state index >= 15 is 0 Å². The van der Waals surface area contributed by atoms with Gasteiger partial charge in [0, 0.05) is 20.1 Å². The van der Waals surface area contributed by atoms with Crippen molar-refractivity contribution in [3.05, 3.63) is 16.9 Å². The summed E-state index contributed by atoms with van der Waals surface area (Å²) >= 11 is 6.04. The maximum Gasteiger partial charge on any atom is 0.273 e. The van der Waals surface area contributed by atoms with Crippen LogP contribution >= 0.6 is 11.6 Å². The molecule has 2 unspecified atom stereocenters. The van der Waals surface area contributed by atoms with Crippen molar-refractivity contribution in [2.75, 3.05) is 7.05 Å². The number of hydrogen-bond acceptors (Lipinski definition) is 3. The van der Waals surface area contributed by atoms with Crippen LogP contribution in [-0.4, -0.2) is 44.9 Å². The average Bonchev–Trinajstić information content (AvgIpc) is 3.01. The van der Waals surface area contributed by atoms with Gasteiger partial charge in [0.25, 0.3) is 5.91 Å². The number of nitrogens with zero attached hydrogens (tertiary/aromatic N) is 3. The van der Waals surface area contributed by atoms with Gasteiger partial charge in [0.15, 0.2) is 0 Å². The van der Waals surface area contributed by atoms with E-state index in [1.54, 1.807) is 11.9 Å². The zero-order valence-electron chi connectivity index (χ0n) is 11.8. The highest BCUT2D eigenvalue weighted by molar-refractivity contribution is 6.33. The molecule has 5 nitrogen and oxygen atoms in total. The van der Waals surface area contributed by atoms with Crippen molar-refractivity contribution in [1.82, 2.24) is 14.7 Å². The average molecular weight is 298 g/mol. The number of carbonyl (C=O) groups is 1. The summed E-state index contributed by atoms with van der Waals surface area (Å²) in [5.41, 5.74) is 0.450. The van der Waals surface area contributed by atoms with Gasteiger partial charge in [0.05, 0.1) is 17.3 Å². The van der Waals surface area contributed by atoms with Crippen LogP contribution in [0.3, 0.4) is 0 Å². The van der Waals surface area contributed by atoms with E-state index in [0.29, 0.717) is 22.6 Å². The van der Waals surface area contributed by atoms with E-state index in [4.69, 9.17) is 11.6 Å². The Morgan fingerprint density at radius 2 is 2.00 bits per heavy atom. The molecular weight excluding hydrogens is 278 g/mol. The number of amides is 1. The Balaban J connectivity index is 1.71. The van der Waals surface area contributed by atoms with Crippen molar-refractivity contribution in [3.8, 4) is 0 Å². The third-order valence-electron chi connectivity index (χ3n) is 4.93. The van der Waals surface area contributed by atoms with E-state index in [0.717, 1.165) is 25.7 Å². The van der Waals surface area contributed by atoms with Gasteiger partial charge in [-0.25, -0.2) is 0 Å². The van der Waals surface area contributed by atoms with E-state index in [9.17, 15) is 9.90 Å². The molecule has 2 fully saturated rings. The lowest BCUT2D eigenvalue weighted by Gasteiger charge is -2.25. The largest absolute Gasteiger partial charge is 0.393 e. The monoisotopic (exact) mass is 297 g/mol. The third-order valence-corrected chi connectivity index (χ3v) is 5.21. The molecule has 1 N–H and O–H groups in total. The van der Waals surface area contributed by atoms with Gasteiger partial charge in [-0.3, -0.25) is 9.48 Å². The second-order valence-corrected chi connectivity index (χ2v) is 6.56. The second-order valence-electron chi connectivity index (χ2n) is 6.15. The van der Waals surface area contributed by atoms with E-state index < -0.39 is 0 Å². The van der Waals surface area contributed by atoms with Crippen LogP contribution in [0.15, 0.2) is 6.20 Å². The van der Waals surface area contributed by atoms with Crippen LogP contribution in [0, 0.1) is 11.8 Å². The standard InChI is InChI=1S/C14H20ClN3O2/c1-17(14(20)13-12(15)7-16-18(13)2)10-3-8-5-11(19)6-9(8)4-10/h7-11,19H,3-6H2,1-2H3/t8-,9+,10?,11?. The summed E-state index contributed by atoms with van der Waals surface area (Å²) in [5, 5.41) is 14.1. The van der Waals surface area contributed by atoms with Gasteiger partial charge in [-0.2, -0.15) is 5.10 Å². The molecule has 20 heavy (non-hydrogen) atoms. The van der Waals surface area contributed by atoms with Crippen LogP contribution in [0.1, 0.15) is 36.2 Å². The number of carbonyl (C=O) groups excluding carboxylic acids is 1. The molecule has 110 valence electrons. The summed E-state index contributed by atoms with van der Waals surface area (Å²) < 4.78 is 1.53. The van der Waals surface area contributed by atoms with Gasteiger partial charge in [-0.05, 0) is 37.5 Å². The maximum atomic E-state index is 12.5. The maximum absolute atomic E-state index is 12.5. The number of halogens is 1. The number of rotatable bonds is 2. The van der Waals surface area contributed by atoms with Crippen molar-refractivity contribution in [2.24, 2.45) is 18.9 Å². The van der Waals surface area contributed by atoms with Gasteiger partial charge >= 0.3 is 0 Å². The van der Waals surface area contributed by atoms with Crippen molar-refractivity contribution in [1.29, 1.82) is 0 Å². The van der Waals surface area contributed by atoms with E-state index in [-0.39, 0.29) is 18.1 Å². The molecule has 1 heterocycles. The number of aromatic nitrogens is 2. The highest BCUT2D eigenvalue weighted by atomic mass is 35.5. The predicted octanol–water partition coefficient (Wildman–Crippen LogP) is 1.70. The lowest BCUT2D eigenvalue weighted by atomic mass is 10.0. The van der Waals surface area contributed by atoms with Crippen LogP contribution in [0.4, 0.5) is 0 Å². The van der Waals surface area contributed by atoms with Gasteiger partial charge in [0.2, 0.25) is 0 Å². The molecule has 0 aromatic carbocycles. The van der Waals surface area contributed by atoms with Crippen LogP contribution in [-0.2, 0) is 7.05 Å². The highest BCUT2D eigenvalue weighted by Crippen LogP contribution is 2.45. The molecular formula is C14H20ClN3O2. The molecule has 2 aliphatic rings. The van der Waals surface area contributed by atoms with Crippen LogP contribution < -0.4 is 0 Å². The van der Waals surface area contributed by atoms with Crippen molar-refractivity contribution in [3.63, 3.8) is 0 Å². The van der Waals surface area contributed by atoms with Gasteiger partial charge < -0.3 is 10.0 Å². The Morgan fingerprint density at radius 3 is 2.50 bits per heavy atom. The number of fused-ring (bicyclic) bond motifs is 1. The number of hydrogen-bond donors (Lipinski definition) is 1. The fourth-order valence-electron chi connectivity index (χ4n) is 3.85. The lowest BCUT2D eigenvalue weighted by Crippen LogP contribution is -2.37. The van der Waals surface area contributed by atoms with Crippen molar-refractivity contribution in [2.45, 2.75) is 37.8 Å². The second kappa shape index (κ2) is 5.04. The minimum atomic E-state index is -0.140.